The van der Waals surface area contributed by atoms with Crippen molar-refractivity contribution in [3.63, 3.8) is 0 Å². The van der Waals surface area contributed by atoms with E-state index in [1.54, 1.807) is 18.2 Å². The van der Waals surface area contributed by atoms with Crippen molar-refractivity contribution in [1.82, 2.24) is 0 Å². The summed E-state index contributed by atoms with van der Waals surface area (Å²) >= 11 is 12.0. The van der Waals surface area contributed by atoms with Crippen molar-refractivity contribution >= 4 is 40.8 Å². The van der Waals surface area contributed by atoms with Crippen LogP contribution in [0.5, 0.6) is 0 Å². The molecule has 3 N–H and O–H groups in total. The van der Waals surface area contributed by atoms with Crippen LogP contribution >= 0.6 is 23.2 Å². The second kappa shape index (κ2) is 10.3. The van der Waals surface area contributed by atoms with Gasteiger partial charge in [0.05, 0.1) is 17.3 Å². The summed E-state index contributed by atoms with van der Waals surface area (Å²) in [6.07, 6.45) is 2.88. The van der Waals surface area contributed by atoms with Crippen LogP contribution in [0.25, 0.3) is 0 Å². The fraction of sp³-hybridized carbons (Fsp3) is 0.500. The quantitative estimate of drug-likeness (QED) is 0.491. The zero-order valence-corrected chi connectivity index (χ0v) is 14.6. The third kappa shape index (κ3) is 7.57. The molecule has 1 rings (SSSR count). The Bertz CT molecular complexity index is 538. The number of primary amides is 1. The predicted octanol–water partition coefficient (Wildman–Crippen LogP) is 3.77. The van der Waals surface area contributed by atoms with Crippen LogP contribution in [0.15, 0.2) is 18.2 Å². The Hall–Kier alpha value is -1.46. The van der Waals surface area contributed by atoms with E-state index in [4.69, 9.17) is 33.7 Å². The number of anilines is 1. The maximum atomic E-state index is 12.2. The number of hydrogen-bond donors (Lipinski definition) is 2. The van der Waals surface area contributed by atoms with Crippen molar-refractivity contribution in [2.45, 2.75) is 45.1 Å². The van der Waals surface area contributed by atoms with E-state index in [0.717, 1.165) is 12.8 Å². The zero-order chi connectivity index (χ0) is 17.2. The van der Waals surface area contributed by atoms with Crippen LogP contribution in [0.2, 0.25) is 10.0 Å². The van der Waals surface area contributed by atoms with E-state index >= 15 is 0 Å². The van der Waals surface area contributed by atoms with Gasteiger partial charge in [0.1, 0.15) is 6.04 Å². The lowest BCUT2D eigenvalue weighted by Gasteiger charge is -2.19. The predicted molar refractivity (Wildman–Crippen MR) is 92.8 cm³/mol. The summed E-state index contributed by atoms with van der Waals surface area (Å²) in [6.45, 7) is 2.39. The third-order valence-electron chi connectivity index (χ3n) is 3.20. The van der Waals surface area contributed by atoms with Crippen molar-refractivity contribution in [3.05, 3.63) is 28.2 Å². The molecule has 0 radical (unpaired) electrons. The van der Waals surface area contributed by atoms with Gasteiger partial charge in [0, 0.05) is 11.4 Å². The molecule has 1 aromatic rings. The molecule has 0 spiro atoms. The minimum atomic E-state index is -0.593. The van der Waals surface area contributed by atoms with Gasteiger partial charge in [-0.15, -0.1) is 0 Å². The molecule has 0 aliphatic carbocycles. The second-order valence-corrected chi connectivity index (χ2v) is 6.04. The van der Waals surface area contributed by atoms with E-state index < -0.39 is 11.9 Å². The van der Waals surface area contributed by atoms with Crippen molar-refractivity contribution in [2.24, 2.45) is 5.73 Å². The number of halogens is 2. The number of carbonyl (C=O) groups excluding carboxylic acids is 2. The molecule has 0 aliphatic heterocycles. The number of benzene rings is 1. The van der Waals surface area contributed by atoms with Crippen molar-refractivity contribution < 1.29 is 14.3 Å². The van der Waals surface area contributed by atoms with Gasteiger partial charge < -0.3 is 15.8 Å². The van der Waals surface area contributed by atoms with Gasteiger partial charge >= 0.3 is 5.97 Å². The molecular formula is C16H22Cl2N2O3. The first kappa shape index (κ1) is 19.6. The molecule has 0 bridgehead atoms. The Morgan fingerprint density at radius 1 is 1.30 bits per heavy atom. The molecular weight excluding hydrogens is 339 g/mol. The molecule has 5 nitrogen and oxygen atoms in total. The molecule has 0 heterocycles. The summed E-state index contributed by atoms with van der Waals surface area (Å²) in [7, 11) is 0. The molecule has 1 amide bonds. The van der Waals surface area contributed by atoms with Crippen LogP contribution in [0.1, 0.15) is 39.0 Å². The number of ether oxygens (including phenoxy) is 1. The summed E-state index contributed by atoms with van der Waals surface area (Å²) in [5.41, 5.74) is 5.73. The summed E-state index contributed by atoms with van der Waals surface area (Å²) in [5, 5.41) is 3.98. The van der Waals surface area contributed by atoms with Gasteiger partial charge in [-0.1, -0.05) is 36.5 Å². The first-order valence-corrected chi connectivity index (χ1v) is 8.36. The van der Waals surface area contributed by atoms with Crippen LogP contribution in [0, 0.1) is 0 Å². The highest BCUT2D eigenvalue weighted by atomic mass is 35.5. The number of nitrogens with one attached hydrogen (secondary N) is 1. The normalized spacial score (nSPS) is 11.8. The van der Waals surface area contributed by atoms with E-state index in [9.17, 15) is 9.59 Å². The highest BCUT2D eigenvalue weighted by molar-refractivity contribution is 6.36. The molecule has 1 unspecified atom stereocenters. The second-order valence-electron chi connectivity index (χ2n) is 5.20. The molecule has 0 aromatic heterocycles. The van der Waals surface area contributed by atoms with Crippen LogP contribution in [0.3, 0.4) is 0 Å². The number of carbonyl (C=O) groups is 2. The fourth-order valence-electron chi connectivity index (χ4n) is 1.94. The maximum absolute atomic E-state index is 12.2. The molecule has 1 aromatic carbocycles. The van der Waals surface area contributed by atoms with E-state index in [-0.39, 0.29) is 12.4 Å². The van der Waals surface area contributed by atoms with Gasteiger partial charge in [0.2, 0.25) is 5.91 Å². The Labute approximate surface area is 146 Å². The monoisotopic (exact) mass is 360 g/mol. The molecule has 0 saturated carbocycles. The maximum Gasteiger partial charge on any atom is 0.328 e. The Kier molecular flexibility index (Phi) is 8.81. The summed E-state index contributed by atoms with van der Waals surface area (Å²) in [4.78, 5) is 23.1. The molecule has 23 heavy (non-hydrogen) atoms. The number of rotatable bonds is 10. The molecule has 0 aliphatic rings. The van der Waals surface area contributed by atoms with Gasteiger partial charge in [-0.25, -0.2) is 4.79 Å². The van der Waals surface area contributed by atoms with Gasteiger partial charge in [-0.2, -0.15) is 0 Å². The van der Waals surface area contributed by atoms with E-state index in [1.807, 2.05) is 6.92 Å². The van der Waals surface area contributed by atoms with Gasteiger partial charge in [-0.05, 0) is 37.5 Å². The van der Waals surface area contributed by atoms with E-state index in [1.165, 1.54) is 0 Å². The standard InChI is InChI=1S/C16H22Cl2N2O3/c1-2-3-9-23-16(22)14(5-4-6-15(19)21)20-13-8-7-11(17)10-12(13)18/h7-8,10,14,20H,2-6,9H2,1H3,(H2,19,21). The van der Waals surface area contributed by atoms with Crippen molar-refractivity contribution in [2.75, 3.05) is 11.9 Å². The number of amides is 1. The third-order valence-corrected chi connectivity index (χ3v) is 3.75. The fourth-order valence-corrected chi connectivity index (χ4v) is 2.40. The lowest BCUT2D eigenvalue weighted by atomic mass is 10.1. The lowest BCUT2D eigenvalue weighted by Crippen LogP contribution is -2.32. The highest BCUT2D eigenvalue weighted by Crippen LogP contribution is 2.26. The van der Waals surface area contributed by atoms with Gasteiger partial charge in [0.15, 0.2) is 0 Å². The lowest BCUT2D eigenvalue weighted by molar-refractivity contribution is -0.145. The SMILES string of the molecule is CCCCOC(=O)C(CCCC(N)=O)Nc1ccc(Cl)cc1Cl. The molecule has 1 atom stereocenters. The summed E-state index contributed by atoms with van der Waals surface area (Å²) in [6, 6.07) is 4.38. The molecule has 128 valence electrons. The minimum Gasteiger partial charge on any atom is -0.464 e. The van der Waals surface area contributed by atoms with Gasteiger partial charge in [0.25, 0.3) is 0 Å². The van der Waals surface area contributed by atoms with Crippen LogP contribution in [-0.2, 0) is 14.3 Å². The summed E-state index contributed by atoms with van der Waals surface area (Å²) < 4.78 is 5.25. The largest absolute Gasteiger partial charge is 0.464 e. The number of hydrogen-bond acceptors (Lipinski definition) is 4. The zero-order valence-electron chi connectivity index (χ0n) is 13.1. The van der Waals surface area contributed by atoms with Crippen molar-refractivity contribution in [3.8, 4) is 0 Å². The first-order chi connectivity index (χ1) is 10.9. The van der Waals surface area contributed by atoms with Crippen LogP contribution < -0.4 is 11.1 Å². The van der Waals surface area contributed by atoms with Crippen molar-refractivity contribution in [1.29, 1.82) is 0 Å². The first-order valence-electron chi connectivity index (χ1n) is 7.60. The average Bonchev–Trinajstić information content (AvgIpc) is 2.48. The Morgan fingerprint density at radius 2 is 2.04 bits per heavy atom. The van der Waals surface area contributed by atoms with Crippen LogP contribution in [-0.4, -0.2) is 24.5 Å². The molecule has 7 heteroatoms. The minimum absolute atomic E-state index is 0.217. The number of esters is 1. The number of nitrogens with two attached hydrogens (primary N) is 1. The highest BCUT2D eigenvalue weighted by Gasteiger charge is 2.21. The van der Waals surface area contributed by atoms with Gasteiger partial charge in [-0.3, -0.25) is 4.79 Å². The smallest absolute Gasteiger partial charge is 0.328 e. The Morgan fingerprint density at radius 3 is 2.65 bits per heavy atom. The molecule has 0 fully saturated rings. The topological polar surface area (TPSA) is 81.4 Å². The van der Waals surface area contributed by atoms with Crippen LogP contribution in [0.4, 0.5) is 5.69 Å². The van der Waals surface area contributed by atoms with E-state index in [2.05, 4.69) is 5.32 Å². The average molecular weight is 361 g/mol. The Balaban J connectivity index is 2.72. The molecule has 0 saturated heterocycles. The van der Waals surface area contributed by atoms with E-state index in [0.29, 0.717) is 35.2 Å². The number of unbranched alkanes of at least 4 members (excludes halogenated alkanes) is 1. The summed E-state index contributed by atoms with van der Waals surface area (Å²) in [5.74, 6) is -0.762.